The molecule has 6 nitrogen and oxygen atoms in total. The van der Waals surface area contributed by atoms with Crippen molar-refractivity contribution in [3.63, 3.8) is 0 Å². The maximum Gasteiger partial charge on any atom is 0.306 e. The normalized spacial score (nSPS) is 13.0. The maximum absolute atomic E-state index is 12.8. The van der Waals surface area contributed by atoms with Crippen molar-refractivity contribution in [1.82, 2.24) is 0 Å². The van der Waals surface area contributed by atoms with Crippen LogP contribution in [-0.2, 0) is 28.6 Å². The van der Waals surface area contributed by atoms with Crippen molar-refractivity contribution >= 4 is 17.9 Å². The lowest BCUT2D eigenvalue weighted by atomic mass is 10.1. The van der Waals surface area contributed by atoms with Crippen molar-refractivity contribution < 1.29 is 28.6 Å². The van der Waals surface area contributed by atoms with Crippen molar-refractivity contribution in [3.8, 4) is 0 Å². The Bertz CT molecular complexity index is 1340. The Morgan fingerprint density at radius 3 is 1.09 bits per heavy atom. The molecule has 362 valence electrons. The molecule has 0 aliphatic rings. The summed E-state index contributed by atoms with van der Waals surface area (Å²) >= 11 is 0. The predicted molar refractivity (Wildman–Crippen MR) is 274 cm³/mol. The number of ether oxygens (including phenoxy) is 3. The van der Waals surface area contributed by atoms with Gasteiger partial charge in [-0.1, -0.05) is 194 Å². The molecule has 0 bridgehead atoms. The number of unbranched alkanes of at least 4 members (excludes halogenated alkanes) is 17. The molecule has 0 aliphatic carbocycles. The van der Waals surface area contributed by atoms with E-state index in [0.717, 1.165) is 116 Å². The minimum atomic E-state index is -0.818. The average molecular weight is 887 g/mol. The largest absolute Gasteiger partial charge is 0.462 e. The third-order valence-corrected chi connectivity index (χ3v) is 10.5. The van der Waals surface area contributed by atoms with E-state index in [2.05, 4.69) is 130 Å². The lowest BCUT2D eigenvalue weighted by Crippen LogP contribution is -2.30. The predicted octanol–water partition coefficient (Wildman–Crippen LogP) is 17.1. The van der Waals surface area contributed by atoms with E-state index < -0.39 is 6.10 Å². The van der Waals surface area contributed by atoms with Crippen LogP contribution in [0.1, 0.15) is 220 Å². The first-order valence-electron chi connectivity index (χ1n) is 25.9. The fourth-order valence-electron chi connectivity index (χ4n) is 6.67. The molecule has 0 amide bonds. The van der Waals surface area contributed by atoms with E-state index in [1.165, 1.54) is 51.4 Å². The molecule has 0 rings (SSSR count). The molecule has 0 aromatic rings. The fraction of sp³-hybridized carbons (Fsp3) is 0.638. The van der Waals surface area contributed by atoms with Crippen LogP contribution in [0.15, 0.2) is 109 Å². The van der Waals surface area contributed by atoms with E-state index in [1.807, 2.05) is 0 Å². The zero-order valence-corrected chi connectivity index (χ0v) is 41.3. The van der Waals surface area contributed by atoms with Crippen LogP contribution in [0, 0.1) is 0 Å². The van der Waals surface area contributed by atoms with E-state index in [0.29, 0.717) is 25.7 Å². The highest BCUT2D eigenvalue weighted by atomic mass is 16.6. The molecule has 6 heteroatoms. The molecule has 0 fully saturated rings. The molecule has 0 aliphatic heterocycles. The Morgan fingerprint density at radius 1 is 0.344 bits per heavy atom. The highest BCUT2D eigenvalue weighted by Crippen LogP contribution is 2.12. The second-order valence-electron chi connectivity index (χ2n) is 16.7. The molecule has 1 unspecified atom stereocenters. The molecule has 1 atom stereocenters. The first-order chi connectivity index (χ1) is 31.5. The van der Waals surface area contributed by atoms with Crippen LogP contribution in [0.3, 0.4) is 0 Å². The number of esters is 3. The number of hydrogen-bond donors (Lipinski definition) is 0. The summed E-state index contributed by atoms with van der Waals surface area (Å²) in [4.78, 5) is 38.0. The number of carbonyl (C=O) groups is 3. The van der Waals surface area contributed by atoms with Crippen LogP contribution in [0.5, 0.6) is 0 Å². The summed E-state index contributed by atoms with van der Waals surface area (Å²) in [6.07, 6.45) is 69.4. The van der Waals surface area contributed by atoms with E-state index >= 15 is 0 Å². The number of rotatable bonds is 45. The Labute approximate surface area is 393 Å². The Hall–Kier alpha value is -3.93. The van der Waals surface area contributed by atoms with Crippen LogP contribution in [0.25, 0.3) is 0 Å². The van der Waals surface area contributed by atoms with E-state index in [9.17, 15) is 14.4 Å². The van der Waals surface area contributed by atoms with Gasteiger partial charge in [-0.25, -0.2) is 0 Å². The molecule has 64 heavy (non-hydrogen) atoms. The van der Waals surface area contributed by atoms with Gasteiger partial charge in [0, 0.05) is 19.3 Å². The van der Waals surface area contributed by atoms with Gasteiger partial charge in [0.1, 0.15) is 13.2 Å². The number of carbonyl (C=O) groups excluding carboxylic acids is 3. The van der Waals surface area contributed by atoms with Crippen LogP contribution in [0.2, 0.25) is 0 Å². The summed E-state index contributed by atoms with van der Waals surface area (Å²) in [6.45, 7) is 6.31. The summed E-state index contributed by atoms with van der Waals surface area (Å²) in [5.41, 5.74) is 0. The monoisotopic (exact) mass is 887 g/mol. The molecule has 0 aromatic heterocycles. The van der Waals surface area contributed by atoms with Crippen molar-refractivity contribution in [3.05, 3.63) is 109 Å². The van der Waals surface area contributed by atoms with Crippen molar-refractivity contribution in [2.45, 2.75) is 226 Å². The average Bonchev–Trinajstić information content (AvgIpc) is 3.29. The van der Waals surface area contributed by atoms with Crippen molar-refractivity contribution in [2.24, 2.45) is 0 Å². The molecule has 0 saturated carbocycles. The van der Waals surface area contributed by atoms with Gasteiger partial charge in [0.25, 0.3) is 0 Å². The Kier molecular flexibility index (Phi) is 48.5. The van der Waals surface area contributed by atoms with Gasteiger partial charge in [-0.3, -0.25) is 14.4 Å². The fourth-order valence-corrected chi connectivity index (χ4v) is 6.67. The maximum atomic E-state index is 12.8. The smallest absolute Gasteiger partial charge is 0.306 e. The minimum absolute atomic E-state index is 0.113. The first-order valence-corrected chi connectivity index (χ1v) is 25.9. The van der Waals surface area contributed by atoms with E-state index in [1.54, 1.807) is 0 Å². The Morgan fingerprint density at radius 2 is 0.656 bits per heavy atom. The molecule has 0 N–H and O–H groups in total. The second kappa shape index (κ2) is 51.7. The SMILES string of the molecule is CC/C=C\C/C=C\C/C=C\C/C=C\CCCCCC(=O)OC(COC(=O)CCCC/C=C\C/C=C\C/C=C\CC)COC(=O)CCCCCCC/C=C\C=C/CCCCCCCCC. The van der Waals surface area contributed by atoms with Crippen LogP contribution in [0.4, 0.5) is 0 Å². The second-order valence-corrected chi connectivity index (χ2v) is 16.7. The highest BCUT2D eigenvalue weighted by Gasteiger charge is 2.19. The number of hydrogen-bond acceptors (Lipinski definition) is 6. The highest BCUT2D eigenvalue weighted by molar-refractivity contribution is 5.71. The third kappa shape index (κ3) is 49.1. The molecule has 0 spiro atoms. The topological polar surface area (TPSA) is 78.9 Å². The van der Waals surface area contributed by atoms with Crippen LogP contribution in [-0.4, -0.2) is 37.2 Å². The molecular formula is C58H94O6. The van der Waals surface area contributed by atoms with Gasteiger partial charge < -0.3 is 14.2 Å². The molecule has 0 radical (unpaired) electrons. The van der Waals surface area contributed by atoms with Gasteiger partial charge in [0.2, 0.25) is 0 Å². The van der Waals surface area contributed by atoms with Crippen LogP contribution >= 0.6 is 0 Å². The standard InChI is InChI=1S/C58H94O6/c1-4-7-10-13-16-19-22-25-27-29-30-32-33-36-39-42-45-48-51-57(60)63-54-55(53-62-56(59)50-47-44-41-38-35-24-21-18-15-12-9-6-3)64-58(61)52-49-46-43-40-37-34-31-28-26-23-20-17-14-11-8-5-2/h8-9,11-12,17-18,20-21,26-30,32,34-35,37-38,55H,4-7,10,13-16,19,22-25,31,33,36,39-54H2,1-3H3/b11-8-,12-9-,20-17-,21-18-,28-26-,29-27-,32-30-,37-34-,38-35-. The van der Waals surface area contributed by atoms with Gasteiger partial charge in [-0.05, 0) is 116 Å². The van der Waals surface area contributed by atoms with Gasteiger partial charge in [-0.15, -0.1) is 0 Å². The first kappa shape index (κ1) is 60.1. The zero-order valence-electron chi connectivity index (χ0n) is 41.3. The zero-order chi connectivity index (χ0) is 46.5. The summed E-state index contributed by atoms with van der Waals surface area (Å²) in [6, 6.07) is 0. The molecule has 0 heterocycles. The quantitative estimate of drug-likeness (QED) is 0.0199. The summed E-state index contributed by atoms with van der Waals surface area (Å²) in [5.74, 6) is -1.01. The van der Waals surface area contributed by atoms with E-state index in [-0.39, 0.29) is 37.5 Å². The third-order valence-electron chi connectivity index (χ3n) is 10.5. The Balaban J connectivity index is 4.51. The summed E-state index contributed by atoms with van der Waals surface area (Å²) in [5, 5.41) is 0. The van der Waals surface area contributed by atoms with Crippen molar-refractivity contribution in [1.29, 1.82) is 0 Å². The van der Waals surface area contributed by atoms with Gasteiger partial charge in [0.15, 0.2) is 6.10 Å². The van der Waals surface area contributed by atoms with Crippen LogP contribution < -0.4 is 0 Å². The van der Waals surface area contributed by atoms with Gasteiger partial charge in [-0.2, -0.15) is 0 Å². The summed E-state index contributed by atoms with van der Waals surface area (Å²) < 4.78 is 16.7. The number of allylic oxidation sites excluding steroid dienone is 18. The van der Waals surface area contributed by atoms with Gasteiger partial charge in [0.05, 0.1) is 0 Å². The lowest BCUT2D eigenvalue weighted by molar-refractivity contribution is -0.167. The molecule has 0 aromatic carbocycles. The minimum Gasteiger partial charge on any atom is -0.462 e. The van der Waals surface area contributed by atoms with Gasteiger partial charge >= 0.3 is 17.9 Å². The molecular weight excluding hydrogens is 793 g/mol. The summed E-state index contributed by atoms with van der Waals surface area (Å²) in [7, 11) is 0. The lowest BCUT2D eigenvalue weighted by Gasteiger charge is -2.18. The van der Waals surface area contributed by atoms with Crippen molar-refractivity contribution in [2.75, 3.05) is 13.2 Å². The molecule has 0 saturated heterocycles. The van der Waals surface area contributed by atoms with E-state index in [4.69, 9.17) is 14.2 Å².